The highest BCUT2D eigenvalue weighted by molar-refractivity contribution is 6.58. The maximum absolute atomic E-state index is 9.02. The van der Waals surface area contributed by atoms with E-state index in [9.17, 15) is 0 Å². The van der Waals surface area contributed by atoms with E-state index in [-0.39, 0.29) is 5.60 Å². The van der Waals surface area contributed by atoms with Gasteiger partial charge in [0, 0.05) is 6.42 Å². The van der Waals surface area contributed by atoms with Crippen molar-refractivity contribution in [1.82, 2.24) is 0 Å². The summed E-state index contributed by atoms with van der Waals surface area (Å²) < 4.78 is 5.48. The standard InChI is InChI=1S/C10H13BO3/c1-10(5-6-14-10)8-3-2-4-9(7-8)11(12)13/h2-4,7,12-13H,5-6H2,1H3. The van der Waals surface area contributed by atoms with Crippen LogP contribution >= 0.6 is 0 Å². The fourth-order valence-electron chi connectivity index (χ4n) is 1.66. The molecule has 14 heavy (non-hydrogen) atoms. The Morgan fingerprint density at radius 2 is 2.14 bits per heavy atom. The van der Waals surface area contributed by atoms with Gasteiger partial charge in [0.1, 0.15) is 0 Å². The number of benzene rings is 1. The zero-order valence-corrected chi connectivity index (χ0v) is 8.10. The molecule has 0 radical (unpaired) electrons. The summed E-state index contributed by atoms with van der Waals surface area (Å²) in [6.45, 7) is 2.79. The van der Waals surface area contributed by atoms with Gasteiger partial charge in [0.2, 0.25) is 0 Å². The Labute approximate surface area is 83.5 Å². The zero-order valence-electron chi connectivity index (χ0n) is 8.10. The molecule has 1 heterocycles. The predicted octanol–water partition coefficient (Wildman–Crippen LogP) is 0.00190. The minimum Gasteiger partial charge on any atom is -0.423 e. The van der Waals surface area contributed by atoms with E-state index in [1.165, 1.54) is 0 Å². The van der Waals surface area contributed by atoms with Gasteiger partial charge in [-0.2, -0.15) is 0 Å². The van der Waals surface area contributed by atoms with Crippen LogP contribution < -0.4 is 5.46 Å². The van der Waals surface area contributed by atoms with Crippen LogP contribution in [-0.4, -0.2) is 23.8 Å². The van der Waals surface area contributed by atoms with Crippen LogP contribution in [0, 0.1) is 0 Å². The van der Waals surface area contributed by atoms with Gasteiger partial charge < -0.3 is 14.8 Å². The Morgan fingerprint density at radius 3 is 2.64 bits per heavy atom. The molecule has 1 atom stereocenters. The SMILES string of the molecule is CC1(c2cccc(B(O)O)c2)CCO1. The highest BCUT2D eigenvalue weighted by Gasteiger charge is 2.35. The third-order valence-electron chi connectivity index (χ3n) is 2.80. The first kappa shape index (κ1) is 9.71. The van der Waals surface area contributed by atoms with Gasteiger partial charge in [0.25, 0.3) is 0 Å². The van der Waals surface area contributed by atoms with Crippen molar-refractivity contribution in [1.29, 1.82) is 0 Å². The zero-order chi connectivity index (χ0) is 10.2. The molecule has 74 valence electrons. The van der Waals surface area contributed by atoms with Crippen LogP contribution in [0.5, 0.6) is 0 Å². The molecule has 4 heteroatoms. The molecule has 2 rings (SSSR count). The van der Waals surface area contributed by atoms with E-state index >= 15 is 0 Å². The van der Waals surface area contributed by atoms with Crippen molar-refractivity contribution in [2.45, 2.75) is 18.9 Å². The molecule has 0 aromatic heterocycles. The molecule has 0 spiro atoms. The van der Waals surface area contributed by atoms with Crippen molar-refractivity contribution in [3.8, 4) is 0 Å². The van der Waals surface area contributed by atoms with Crippen LogP contribution in [-0.2, 0) is 10.3 Å². The molecule has 0 aliphatic carbocycles. The lowest BCUT2D eigenvalue weighted by Crippen LogP contribution is -2.39. The Morgan fingerprint density at radius 1 is 1.43 bits per heavy atom. The molecule has 1 fully saturated rings. The second kappa shape index (κ2) is 3.39. The Kier molecular flexibility index (Phi) is 2.35. The highest BCUT2D eigenvalue weighted by atomic mass is 16.5. The van der Waals surface area contributed by atoms with E-state index in [2.05, 4.69) is 0 Å². The van der Waals surface area contributed by atoms with Gasteiger partial charge in [-0.3, -0.25) is 0 Å². The summed E-state index contributed by atoms with van der Waals surface area (Å²) in [6.07, 6.45) is 0.984. The fraction of sp³-hybridized carbons (Fsp3) is 0.400. The van der Waals surface area contributed by atoms with E-state index in [0.717, 1.165) is 18.6 Å². The van der Waals surface area contributed by atoms with Crippen molar-refractivity contribution < 1.29 is 14.8 Å². The summed E-state index contributed by atoms with van der Waals surface area (Å²) >= 11 is 0. The molecule has 1 aliphatic heterocycles. The summed E-state index contributed by atoms with van der Waals surface area (Å²) in [4.78, 5) is 0. The Hall–Kier alpha value is -0.835. The van der Waals surface area contributed by atoms with E-state index < -0.39 is 7.12 Å². The van der Waals surface area contributed by atoms with Crippen LogP contribution in [0.15, 0.2) is 24.3 Å². The largest absolute Gasteiger partial charge is 0.488 e. The smallest absolute Gasteiger partial charge is 0.423 e. The number of rotatable bonds is 2. The normalized spacial score (nSPS) is 25.6. The van der Waals surface area contributed by atoms with Crippen molar-refractivity contribution in [3.63, 3.8) is 0 Å². The van der Waals surface area contributed by atoms with E-state index in [4.69, 9.17) is 14.8 Å². The van der Waals surface area contributed by atoms with Crippen molar-refractivity contribution in [3.05, 3.63) is 29.8 Å². The predicted molar refractivity (Wildman–Crippen MR) is 54.2 cm³/mol. The molecule has 0 saturated carbocycles. The summed E-state index contributed by atoms with van der Waals surface area (Å²) in [5.74, 6) is 0. The van der Waals surface area contributed by atoms with Crippen molar-refractivity contribution in [2.75, 3.05) is 6.61 Å². The van der Waals surface area contributed by atoms with Gasteiger partial charge in [0.15, 0.2) is 0 Å². The molecule has 3 nitrogen and oxygen atoms in total. The number of ether oxygens (including phenoxy) is 1. The monoisotopic (exact) mass is 192 g/mol. The first-order valence-corrected chi connectivity index (χ1v) is 4.72. The van der Waals surface area contributed by atoms with Gasteiger partial charge in [-0.15, -0.1) is 0 Å². The Bertz CT molecular complexity index is 334. The van der Waals surface area contributed by atoms with Gasteiger partial charge in [0.05, 0.1) is 12.2 Å². The summed E-state index contributed by atoms with van der Waals surface area (Å²) in [7, 11) is -1.40. The van der Waals surface area contributed by atoms with Gasteiger partial charge in [-0.25, -0.2) is 0 Å². The van der Waals surface area contributed by atoms with E-state index in [1.54, 1.807) is 12.1 Å². The van der Waals surface area contributed by atoms with Crippen LogP contribution in [0.1, 0.15) is 18.9 Å². The second-order valence-corrected chi connectivity index (χ2v) is 3.83. The maximum Gasteiger partial charge on any atom is 0.488 e. The summed E-state index contributed by atoms with van der Waals surface area (Å²) in [6, 6.07) is 7.24. The fourth-order valence-corrected chi connectivity index (χ4v) is 1.66. The Balaban J connectivity index is 2.30. The molecule has 1 saturated heterocycles. The van der Waals surface area contributed by atoms with E-state index in [0.29, 0.717) is 5.46 Å². The molecule has 2 N–H and O–H groups in total. The van der Waals surface area contributed by atoms with Crippen molar-refractivity contribution in [2.24, 2.45) is 0 Å². The summed E-state index contributed by atoms with van der Waals surface area (Å²) in [5, 5.41) is 18.0. The third-order valence-corrected chi connectivity index (χ3v) is 2.80. The second-order valence-electron chi connectivity index (χ2n) is 3.83. The topological polar surface area (TPSA) is 49.7 Å². The van der Waals surface area contributed by atoms with Crippen LogP contribution in [0.25, 0.3) is 0 Å². The van der Waals surface area contributed by atoms with Crippen LogP contribution in [0.2, 0.25) is 0 Å². The third kappa shape index (κ3) is 1.56. The molecule has 1 aromatic carbocycles. The highest BCUT2D eigenvalue weighted by Crippen LogP contribution is 2.35. The molecule has 0 bridgehead atoms. The average molecular weight is 192 g/mol. The first-order chi connectivity index (χ1) is 6.62. The minimum absolute atomic E-state index is 0.231. The van der Waals surface area contributed by atoms with Gasteiger partial charge in [-0.1, -0.05) is 24.3 Å². The number of hydrogen-bond donors (Lipinski definition) is 2. The molecule has 1 aliphatic rings. The maximum atomic E-state index is 9.02. The first-order valence-electron chi connectivity index (χ1n) is 4.72. The van der Waals surface area contributed by atoms with Crippen LogP contribution in [0.3, 0.4) is 0 Å². The molecular weight excluding hydrogens is 179 g/mol. The van der Waals surface area contributed by atoms with E-state index in [1.807, 2.05) is 19.1 Å². The quantitative estimate of drug-likeness (QED) is 0.648. The van der Waals surface area contributed by atoms with Gasteiger partial charge >= 0.3 is 7.12 Å². The molecule has 1 aromatic rings. The lowest BCUT2D eigenvalue weighted by atomic mass is 9.77. The van der Waals surface area contributed by atoms with Gasteiger partial charge in [-0.05, 0) is 17.9 Å². The lowest BCUT2D eigenvalue weighted by Gasteiger charge is -2.39. The minimum atomic E-state index is -1.40. The molecular formula is C10H13BO3. The molecule has 0 amide bonds. The lowest BCUT2D eigenvalue weighted by molar-refractivity contribution is -0.140. The average Bonchev–Trinajstić information content (AvgIpc) is 2.14. The van der Waals surface area contributed by atoms with Crippen LogP contribution in [0.4, 0.5) is 0 Å². The molecule has 1 unspecified atom stereocenters. The van der Waals surface area contributed by atoms with Crippen molar-refractivity contribution >= 4 is 12.6 Å². The number of hydrogen-bond acceptors (Lipinski definition) is 3. The summed E-state index contributed by atoms with van der Waals surface area (Å²) in [5.41, 5.74) is 1.29.